The molecular weight excluding hydrogens is 166 g/mol. The number of carbonyl (C=O) groups is 1. The van der Waals surface area contributed by atoms with Crippen LogP contribution in [-0.2, 0) is 0 Å². The van der Waals surface area contributed by atoms with E-state index in [0.717, 1.165) is 0 Å². The zero-order valence-corrected chi connectivity index (χ0v) is 7.78. The Morgan fingerprint density at radius 1 is 1.31 bits per heavy atom. The third-order valence-corrected chi connectivity index (χ3v) is 1.67. The molecule has 0 unspecified atom stereocenters. The van der Waals surface area contributed by atoms with E-state index in [9.17, 15) is 4.79 Å². The molecule has 3 heteroatoms. The lowest BCUT2D eigenvalue weighted by atomic mass is 10.2. The van der Waals surface area contributed by atoms with Gasteiger partial charge in [-0.3, -0.25) is 4.79 Å². The lowest BCUT2D eigenvalue weighted by Gasteiger charge is -2.09. The van der Waals surface area contributed by atoms with Gasteiger partial charge in [0.15, 0.2) is 0 Å². The highest BCUT2D eigenvalue weighted by atomic mass is 16.5. The van der Waals surface area contributed by atoms with Crippen molar-refractivity contribution in [3.05, 3.63) is 36.9 Å². The zero-order valence-electron chi connectivity index (χ0n) is 7.78. The summed E-state index contributed by atoms with van der Waals surface area (Å²) in [5, 5.41) is 0. The minimum atomic E-state index is -0.0180. The van der Waals surface area contributed by atoms with Gasteiger partial charge in [-0.2, -0.15) is 0 Å². The van der Waals surface area contributed by atoms with Gasteiger partial charge in [-0.25, -0.2) is 0 Å². The van der Waals surface area contributed by atoms with Gasteiger partial charge in [0.1, 0.15) is 12.9 Å². The van der Waals surface area contributed by atoms with Crippen LogP contribution in [-0.4, -0.2) is 24.9 Å². The molecule has 1 amide bonds. The van der Waals surface area contributed by atoms with E-state index in [1.165, 1.54) is 4.90 Å². The fourth-order valence-electron chi connectivity index (χ4n) is 0.952. The highest BCUT2D eigenvalue weighted by molar-refractivity contribution is 5.93. The lowest BCUT2D eigenvalue weighted by molar-refractivity contribution is 0.0827. The predicted octanol–water partition coefficient (Wildman–Crippen LogP) is 1.56. The molecular formula is C10H12NO2. The maximum Gasteiger partial charge on any atom is 0.253 e. The van der Waals surface area contributed by atoms with E-state index in [1.807, 2.05) is 0 Å². The first-order valence-electron chi connectivity index (χ1n) is 3.89. The molecule has 1 rings (SSSR count). The maximum atomic E-state index is 11.4. The standard InChI is InChI=1S/C10H12NO2/c1-11(2)10(12)8-4-6-9(13-3)7-5-8/h4-7H,3H2,1-2H3. The normalized spacial score (nSPS) is 9.46. The van der Waals surface area contributed by atoms with Gasteiger partial charge >= 0.3 is 0 Å². The summed E-state index contributed by atoms with van der Waals surface area (Å²) >= 11 is 0. The van der Waals surface area contributed by atoms with Crippen molar-refractivity contribution in [2.45, 2.75) is 0 Å². The van der Waals surface area contributed by atoms with Crippen molar-refractivity contribution in [3.8, 4) is 5.75 Å². The fourth-order valence-corrected chi connectivity index (χ4v) is 0.952. The molecule has 0 heterocycles. The number of nitrogens with zero attached hydrogens (tertiary/aromatic N) is 1. The summed E-state index contributed by atoms with van der Waals surface area (Å²) in [6, 6.07) is 6.85. The van der Waals surface area contributed by atoms with E-state index in [4.69, 9.17) is 4.74 Å². The number of ether oxygens (including phenoxy) is 1. The second-order valence-electron chi connectivity index (χ2n) is 2.87. The highest BCUT2D eigenvalue weighted by Gasteiger charge is 2.06. The van der Waals surface area contributed by atoms with Crippen molar-refractivity contribution in [1.82, 2.24) is 4.90 Å². The first-order chi connectivity index (χ1) is 6.15. The Labute approximate surface area is 77.9 Å². The van der Waals surface area contributed by atoms with Crippen LogP contribution in [0.4, 0.5) is 0 Å². The third-order valence-electron chi connectivity index (χ3n) is 1.67. The molecule has 69 valence electrons. The molecule has 13 heavy (non-hydrogen) atoms. The van der Waals surface area contributed by atoms with Crippen molar-refractivity contribution in [1.29, 1.82) is 0 Å². The first-order valence-corrected chi connectivity index (χ1v) is 3.89. The second-order valence-corrected chi connectivity index (χ2v) is 2.87. The molecule has 0 saturated carbocycles. The summed E-state index contributed by atoms with van der Waals surface area (Å²) in [5.74, 6) is 0.630. The van der Waals surface area contributed by atoms with Crippen molar-refractivity contribution in [2.24, 2.45) is 0 Å². The Morgan fingerprint density at radius 2 is 1.85 bits per heavy atom. The molecule has 0 saturated heterocycles. The molecule has 0 spiro atoms. The molecule has 0 aliphatic rings. The third kappa shape index (κ3) is 2.21. The monoisotopic (exact) mass is 178 g/mol. The van der Waals surface area contributed by atoms with Crippen LogP contribution in [0, 0.1) is 7.11 Å². The van der Waals surface area contributed by atoms with Gasteiger partial charge in [0.25, 0.3) is 5.91 Å². The van der Waals surface area contributed by atoms with Crippen LogP contribution < -0.4 is 4.74 Å². The Balaban J connectivity index is 2.86. The molecule has 0 bridgehead atoms. The van der Waals surface area contributed by atoms with Crippen LogP contribution in [0.25, 0.3) is 0 Å². The minimum absolute atomic E-state index is 0.0180. The van der Waals surface area contributed by atoms with Crippen LogP contribution in [0.15, 0.2) is 24.3 Å². The van der Waals surface area contributed by atoms with E-state index in [0.29, 0.717) is 11.3 Å². The van der Waals surface area contributed by atoms with E-state index in [-0.39, 0.29) is 5.91 Å². The number of hydrogen-bond donors (Lipinski definition) is 0. The smallest absolute Gasteiger partial charge is 0.253 e. The van der Waals surface area contributed by atoms with Crippen LogP contribution >= 0.6 is 0 Å². The van der Waals surface area contributed by atoms with Crippen LogP contribution in [0.5, 0.6) is 5.75 Å². The molecule has 0 N–H and O–H groups in total. The highest BCUT2D eigenvalue weighted by Crippen LogP contribution is 2.12. The quantitative estimate of drug-likeness (QED) is 0.687. The van der Waals surface area contributed by atoms with Crippen molar-refractivity contribution in [3.63, 3.8) is 0 Å². The Hall–Kier alpha value is -1.51. The van der Waals surface area contributed by atoms with Gasteiger partial charge in [-0.15, -0.1) is 0 Å². The number of amides is 1. The number of hydrogen-bond acceptors (Lipinski definition) is 2. The summed E-state index contributed by atoms with van der Waals surface area (Å²) in [7, 11) is 6.70. The molecule has 0 fully saturated rings. The predicted molar refractivity (Wildman–Crippen MR) is 50.4 cm³/mol. The molecule has 1 aromatic carbocycles. The number of benzene rings is 1. The minimum Gasteiger partial charge on any atom is -0.490 e. The Bertz CT molecular complexity index is 290. The van der Waals surface area contributed by atoms with Gasteiger partial charge in [0.05, 0.1) is 0 Å². The molecule has 1 aromatic rings. The van der Waals surface area contributed by atoms with Crippen LogP contribution in [0.2, 0.25) is 0 Å². The molecule has 0 aliphatic heterocycles. The first kappa shape index (κ1) is 9.58. The number of rotatable bonds is 2. The van der Waals surface area contributed by atoms with E-state index < -0.39 is 0 Å². The molecule has 0 aliphatic carbocycles. The largest absolute Gasteiger partial charge is 0.490 e. The number of carbonyl (C=O) groups excluding carboxylic acids is 1. The molecule has 0 aromatic heterocycles. The summed E-state index contributed by atoms with van der Waals surface area (Å²) in [5.41, 5.74) is 0.644. The van der Waals surface area contributed by atoms with Gasteiger partial charge in [-0.05, 0) is 24.3 Å². The van der Waals surface area contributed by atoms with Gasteiger partial charge < -0.3 is 9.64 Å². The summed E-state index contributed by atoms with van der Waals surface area (Å²) in [6.45, 7) is 0. The topological polar surface area (TPSA) is 29.5 Å². The summed E-state index contributed by atoms with van der Waals surface area (Å²) in [6.07, 6.45) is 0. The molecule has 3 nitrogen and oxygen atoms in total. The SMILES string of the molecule is [CH2]Oc1ccc(C(=O)N(C)C)cc1. The van der Waals surface area contributed by atoms with E-state index >= 15 is 0 Å². The second kappa shape index (κ2) is 3.94. The van der Waals surface area contributed by atoms with Crippen LogP contribution in [0.3, 0.4) is 0 Å². The van der Waals surface area contributed by atoms with Crippen molar-refractivity contribution >= 4 is 5.91 Å². The maximum absolute atomic E-state index is 11.4. The van der Waals surface area contributed by atoms with Crippen molar-refractivity contribution in [2.75, 3.05) is 14.1 Å². The van der Waals surface area contributed by atoms with E-state index in [1.54, 1.807) is 38.4 Å². The Kier molecular flexibility index (Phi) is 2.90. The zero-order chi connectivity index (χ0) is 9.84. The van der Waals surface area contributed by atoms with Gasteiger partial charge in [-0.1, -0.05) is 0 Å². The molecule has 0 atom stereocenters. The Morgan fingerprint density at radius 3 is 2.23 bits per heavy atom. The molecule has 1 radical (unpaired) electrons. The average molecular weight is 178 g/mol. The summed E-state index contributed by atoms with van der Waals surface area (Å²) < 4.78 is 4.73. The van der Waals surface area contributed by atoms with E-state index in [2.05, 4.69) is 7.11 Å². The van der Waals surface area contributed by atoms with Gasteiger partial charge in [0.2, 0.25) is 0 Å². The average Bonchev–Trinajstić information content (AvgIpc) is 2.17. The van der Waals surface area contributed by atoms with Crippen molar-refractivity contribution < 1.29 is 9.53 Å². The van der Waals surface area contributed by atoms with Crippen LogP contribution in [0.1, 0.15) is 10.4 Å². The van der Waals surface area contributed by atoms with Gasteiger partial charge in [0, 0.05) is 19.7 Å². The summed E-state index contributed by atoms with van der Waals surface area (Å²) in [4.78, 5) is 12.9. The lowest BCUT2D eigenvalue weighted by Crippen LogP contribution is -2.21. The fraction of sp³-hybridized carbons (Fsp3) is 0.200.